The average molecular weight is 391 g/mol. The summed E-state index contributed by atoms with van der Waals surface area (Å²) in [5.74, 6) is 0.140. The molecule has 1 atom stereocenters. The normalized spacial score (nSPS) is 12.3. The second-order valence-electron chi connectivity index (χ2n) is 6.55. The Hall–Kier alpha value is -2.54. The van der Waals surface area contributed by atoms with Gasteiger partial charge in [-0.15, -0.1) is 0 Å². The summed E-state index contributed by atoms with van der Waals surface area (Å²) in [4.78, 5) is 12.9. The number of amides is 1. The van der Waals surface area contributed by atoms with Crippen molar-refractivity contribution in [1.82, 2.24) is 0 Å². The maximum atomic E-state index is 12.9. The fraction of sp³-hybridized carbons (Fsp3) is 0.350. The van der Waals surface area contributed by atoms with Crippen molar-refractivity contribution < 1.29 is 17.9 Å². The lowest BCUT2D eigenvalue weighted by Crippen LogP contribution is -2.47. The summed E-state index contributed by atoms with van der Waals surface area (Å²) in [6.45, 7) is 5.67. The molecule has 1 N–H and O–H groups in total. The van der Waals surface area contributed by atoms with Crippen LogP contribution in [0.4, 0.5) is 11.4 Å². The fourth-order valence-corrected chi connectivity index (χ4v) is 4.28. The predicted octanol–water partition coefficient (Wildman–Crippen LogP) is 3.50. The number of nitrogens with zero attached hydrogens (tertiary/aromatic N) is 1. The van der Waals surface area contributed by atoms with Crippen molar-refractivity contribution >= 4 is 27.3 Å². The summed E-state index contributed by atoms with van der Waals surface area (Å²) >= 11 is 0. The van der Waals surface area contributed by atoms with E-state index in [9.17, 15) is 13.2 Å². The number of rotatable bonds is 7. The number of hydrogen-bond donors (Lipinski definition) is 1. The van der Waals surface area contributed by atoms with Gasteiger partial charge in [0.05, 0.1) is 19.1 Å². The number of hydrogen-bond acceptors (Lipinski definition) is 4. The number of nitrogens with one attached hydrogen (secondary N) is 1. The largest absolute Gasteiger partial charge is 0.497 e. The van der Waals surface area contributed by atoms with Gasteiger partial charge in [0.15, 0.2) is 0 Å². The van der Waals surface area contributed by atoms with Crippen LogP contribution in [0.1, 0.15) is 24.5 Å². The van der Waals surface area contributed by atoms with Crippen molar-refractivity contribution in [2.24, 2.45) is 0 Å². The number of anilines is 2. The standard InChI is InChI=1S/C20H26N2O4S/c1-6-19(20(23)21-16-11-14(2)10-15(3)12-16)22(27(5,24)25)17-8-7-9-18(13-17)26-4/h7-13,19H,6H2,1-5H3,(H,21,23)/t19-/m0/s1. The first-order chi connectivity index (χ1) is 12.7. The number of sulfonamides is 1. The Morgan fingerprint density at radius 2 is 1.78 bits per heavy atom. The monoisotopic (exact) mass is 390 g/mol. The van der Waals surface area contributed by atoms with E-state index in [0.29, 0.717) is 23.5 Å². The summed E-state index contributed by atoms with van der Waals surface area (Å²) in [5, 5.41) is 2.85. The predicted molar refractivity (Wildman–Crippen MR) is 109 cm³/mol. The lowest BCUT2D eigenvalue weighted by molar-refractivity contribution is -0.117. The van der Waals surface area contributed by atoms with Gasteiger partial charge in [0, 0.05) is 11.8 Å². The number of carbonyl (C=O) groups is 1. The Bertz CT molecular complexity index is 905. The Morgan fingerprint density at radius 3 is 2.30 bits per heavy atom. The van der Waals surface area contributed by atoms with Gasteiger partial charge in [-0.05, 0) is 55.7 Å². The van der Waals surface area contributed by atoms with Crippen LogP contribution in [-0.4, -0.2) is 33.7 Å². The highest BCUT2D eigenvalue weighted by atomic mass is 32.2. The van der Waals surface area contributed by atoms with Crippen molar-refractivity contribution in [1.29, 1.82) is 0 Å². The Labute approximate surface area is 161 Å². The van der Waals surface area contributed by atoms with Crippen molar-refractivity contribution in [3.63, 3.8) is 0 Å². The lowest BCUT2D eigenvalue weighted by Gasteiger charge is -2.30. The number of benzene rings is 2. The number of aryl methyl sites for hydroxylation is 2. The van der Waals surface area contributed by atoms with E-state index in [1.54, 1.807) is 31.2 Å². The first-order valence-electron chi connectivity index (χ1n) is 8.68. The fourth-order valence-electron chi connectivity index (χ4n) is 3.08. The minimum Gasteiger partial charge on any atom is -0.497 e. The average Bonchev–Trinajstić information content (AvgIpc) is 2.57. The molecule has 0 heterocycles. The van der Waals surface area contributed by atoms with Gasteiger partial charge in [-0.25, -0.2) is 8.42 Å². The molecule has 1 amide bonds. The Kier molecular flexibility index (Phi) is 6.49. The van der Waals surface area contributed by atoms with Gasteiger partial charge >= 0.3 is 0 Å². The van der Waals surface area contributed by atoms with Gasteiger partial charge in [-0.1, -0.05) is 19.1 Å². The minimum absolute atomic E-state index is 0.320. The molecule has 2 aromatic rings. The van der Waals surface area contributed by atoms with Crippen LogP contribution in [0.5, 0.6) is 5.75 Å². The molecule has 7 heteroatoms. The lowest BCUT2D eigenvalue weighted by atomic mass is 10.1. The second-order valence-corrected chi connectivity index (χ2v) is 8.41. The zero-order valence-corrected chi connectivity index (χ0v) is 17.1. The topological polar surface area (TPSA) is 75.7 Å². The smallest absolute Gasteiger partial charge is 0.248 e. The minimum atomic E-state index is -3.69. The first kappa shape index (κ1) is 20.8. The zero-order valence-electron chi connectivity index (χ0n) is 16.3. The molecule has 27 heavy (non-hydrogen) atoms. The van der Waals surface area contributed by atoms with Gasteiger partial charge in [-0.2, -0.15) is 0 Å². The van der Waals surface area contributed by atoms with Crippen LogP contribution in [-0.2, 0) is 14.8 Å². The molecule has 0 radical (unpaired) electrons. The molecular weight excluding hydrogens is 364 g/mol. The van der Waals surface area contributed by atoms with E-state index in [1.165, 1.54) is 7.11 Å². The number of methoxy groups -OCH3 is 1. The molecule has 6 nitrogen and oxygen atoms in total. The SMILES string of the molecule is CC[C@@H](C(=O)Nc1cc(C)cc(C)c1)N(c1cccc(OC)c1)S(C)(=O)=O. The van der Waals surface area contributed by atoms with Crippen molar-refractivity contribution in [2.45, 2.75) is 33.2 Å². The third-order valence-electron chi connectivity index (χ3n) is 4.13. The van der Waals surface area contributed by atoms with E-state index in [4.69, 9.17) is 4.74 Å². The maximum Gasteiger partial charge on any atom is 0.248 e. The highest BCUT2D eigenvalue weighted by Crippen LogP contribution is 2.27. The zero-order chi connectivity index (χ0) is 20.2. The number of carbonyl (C=O) groups excluding carboxylic acids is 1. The quantitative estimate of drug-likeness (QED) is 0.785. The van der Waals surface area contributed by atoms with Gasteiger partial charge in [-0.3, -0.25) is 9.10 Å². The van der Waals surface area contributed by atoms with Crippen LogP contribution in [0.25, 0.3) is 0 Å². The maximum absolute atomic E-state index is 12.9. The molecule has 2 aromatic carbocycles. The van der Waals surface area contributed by atoms with E-state index in [0.717, 1.165) is 21.7 Å². The van der Waals surface area contributed by atoms with Gasteiger partial charge in [0.25, 0.3) is 0 Å². The molecule has 0 aromatic heterocycles. The van der Waals surface area contributed by atoms with Gasteiger partial charge in [0.1, 0.15) is 11.8 Å². The van der Waals surface area contributed by atoms with Crippen molar-refractivity contribution in [3.05, 3.63) is 53.6 Å². The summed E-state index contributed by atoms with van der Waals surface area (Å²) in [6.07, 6.45) is 1.42. The van der Waals surface area contributed by atoms with Gasteiger partial charge < -0.3 is 10.1 Å². The second kappa shape index (κ2) is 8.43. The molecule has 0 unspecified atom stereocenters. The highest BCUT2D eigenvalue weighted by molar-refractivity contribution is 7.92. The molecule has 0 aliphatic rings. The molecule has 0 bridgehead atoms. The number of ether oxygens (including phenoxy) is 1. The molecule has 0 aliphatic carbocycles. The third kappa shape index (κ3) is 5.23. The molecule has 2 rings (SSSR count). The Morgan fingerprint density at radius 1 is 1.15 bits per heavy atom. The first-order valence-corrected chi connectivity index (χ1v) is 10.5. The molecule has 0 spiro atoms. The van der Waals surface area contributed by atoms with E-state index in [2.05, 4.69) is 5.32 Å². The molecule has 0 aliphatic heterocycles. The van der Waals surface area contributed by atoms with Crippen molar-refractivity contribution in [2.75, 3.05) is 23.0 Å². The van der Waals surface area contributed by atoms with Crippen molar-refractivity contribution in [3.8, 4) is 5.75 Å². The van der Waals surface area contributed by atoms with Gasteiger partial charge in [0.2, 0.25) is 15.9 Å². The van der Waals surface area contributed by atoms with Crippen LogP contribution in [0.15, 0.2) is 42.5 Å². The highest BCUT2D eigenvalue weighted by Gasteiger charge is 2.31. The molecular formula is C20H26N2O4S. The summed E-state index contributed by atoms with van der Waals surface area (Å²) < 4.78 is 31.3. The van der Waals surface area contributed by atoms with Crippen LogP contribution in [0.2, 0.25) is 0 Å². The summed E-state index contributed by atoms with van der Waals surface area (Å²) in [5.41, 5.74) is 3.08. The molecule has 0 saturated heterocycles. The van der Waals surface area contributed by atoms with E-state index in [-0.39, 0.29) is 5.91 Å². The van der Waals surface area contributed by atoms with E-state index < -0.39 is 16.1 Å². The summed E-state index contributed by atoms with van der Waals surface area (Å²) in [6, 6.07) is 11.5. The van der Waals surface area contributed by atoms with Crippen LogP contribution in [0, 0.1) is 13.8 Å². The van der Waals surface area contributed by atoms with Crippen LogP contribution in [0.3, 0.4) is 0 Å². The van der Waals surface area contributed by atoms with E-state index in [1.807, 2.05) is 32.0 Å². The van der Waals surface area contributed by atoms with Crippen LogP contribution >= 0.6 is 0 Å². The molecule has 146 valence electrons. The molecule has 0 fully saturated rings. The Balaban J connectivity index is 2.41. The summed E-state index contributed by atoms with van der Waals surface area (Å²) in [7, 11) is -2.18. The van der Waals surface area contributed by atoms with E-state index >= 15 is 0 Å². The third-order valence-corrected chi connectivity index (χ3v) is 5.31. The van der Waals surface area contributed by atoms with Crippen LogP contribution < -0.4 is 14.4 Å². The molecule has 0 saturated carbocycles.